The highest BCUT2D eigenvalue weighted by molar-refractivity contribution is 6.02. The number of nitrogens with zero attached hydrogens (tertiary/aromatic N) is 1. The quantitative estimate of drug-likeness (QED) is 0.487. The average molecular weight is 476 g/mol. The van der Waals surface area contributed by atoms with E-state index in [0.717, 1.165) is 17.5 Å². The van der Waals surface area contributed by atoms with E-state index in [2.05, 4.69) is 10.6 Å². The fourth-order valence-corrected chi connectivity index (χ4v) is 4.00. The molecule has 0 bridgehead atoms. The van der Waals surface area contributed by atoms with Gasteiger partial charge in [0.15, 0.2) is 17.9 Å². The molecule has 3 atom stereocenters. The molecule has 2 aromatic carbocycles. The molecule has 3 amide bonds. The van der Waals surface area contributed by atoms with Crippen LogP contribution in [0.4, 0.5) is 10.5 Å². The molecule has 0 aliphatic carbocycles. The summed E-state index contributed by atoms with van der Waals surface area (Å²) in [5.41, 5.74) is 3.20. The summed E-state index contributed by atoms with van der Waals surface area (Å²) >= 11 is 0. The molecule has 0 radical (unpaired) electrons. The third-order valence-electron chi connectivity index (χ3n) is 6.03. The highest BCUT2D eigenvalue weighted by atomic mass is 16.6. The lowest BCUT2D eigenvalue weighted by atomic mass is 9.99. The molecule has 0 saturated carbocycles. The minimum atomic E-state index is -0.833. The molecule has 3 aromatic rings. The van der Waals surface area contributed by atoms with Crippen LogP contribution >= 0.6 is 0 Å². The van der Waals surface area contributed by atoms with Gasteiger partial charge < -0.3 is 19.8 Å². The lowest BCUT2D eigenvalue weighted by Crippen LogP contribution is -2.48. The van der Waals surface area contributed by atoms with Crippen LogP contribution in [0.2, 0.25) is 0 Å². The van der Waals surface area contributed by atoms with Gasteiger partial charge in [-0.2, -0.15) is 0 Å². The SMILES string of the molecule is CCC(C)NC(=O)C1C(c2ccc(NC(=O)c3ccco3)cc2)OC(=O)N1Cc1cccc(C)c1. The summed E-state index contributed by atoms with van der Waals surface area (Å²) in [5.74, 6) is -0.435. The molecule has 35 heavy (non-hydrogen) atoms. The van der Waals surface area contributed by atoms with E-state index in [9.17, 15) is 14.4 Å². The number of hydrogen-bond acceptors (Lipinski definition) is 5. The van der Waals surface area contributed by atoms with Crippen LogP contribution in [-0.2, 0) is 16.1 Å². The number of carbonyl (C=O) groups excluding carboxylic acids is 3. The third-order valence-corrected chi connectivity index (χ3v) is 6.03. The van der Waals surface area contributed by atoms with E-state index in [1.54, 1.807) is 36.4 Å². The zero-order valence-corrected chi connectivity index (χ0v) is 20.0. The first-order valence-electron chi connectivity index (χ1n) is 11.6. The van der Waals surface area contributed by atoms with Gasteiger partial charge >= 0.3 is 6.09 Å². The molecule has 1 aliphatic rings. The van der Waals surface area contributed by atoms with Crippen LogP contribution in [0.15, 0.2) is 71.3 Å². The van der Waals surface area contributed by atoms with Crippen LogP contribution in [0.5, 0.6) is 0 Å². The van der Waals surface area contributed by atoms with E-state index >= 15 is 0 Å². The Hall–Kier alpha value is -4.07. The zero-order chi connectivity index (χ0) is 24.9. The normalized spacial score (nSPS) is 18.1. The molecule has 1 fully saturated rings. The summed E-state index contributed by atoms with van der Waals surface area (Å²) in [6.45, 7) is 6.14. The van der Waals surface area contributed by atoms with Crippen molar-refractivity contribution in [3.63, 3.8) is 0 Å². The monoisotopic (exact) mass is 475 g/mol. The van der Waals surface area contributed by atoms with Gasteiger partial charge in [-0.25, -0.2) is 4.79 Å². The molecule has 2 heterocycles. The number of hydrogen-bond donors (Lipinski definition) is 2. The van der Waals surface area contributed by atoms with E-state index < -0.39 is 18.2 Å². The lowest BCUT2D eigenvalue weighted by molar-refractivity contribution is -0.127. The first-order valence-corrected chi connectivity index (χ1v) is 11.6. The Balaban J connectivity index is 1.57. The van der Waals surface area contributed by atoms with Gasteiger partial charge in [0.25, 0.3) is 5.91 Å². The molecule has 8 nitrogen and oxygen atoms in total. The van der Waals surface area contributed by atoms with E-state index in [1.807, 2.05) is 45.0 Å². The topological polar surface area (TPSA) is 101 Å². The highest BCUT2D eigenvalue weighted by Gasteiger charge is 2.47. The fraction of sp³-hybridized carbons (Fsp3) is 0.296. The number of ether oxygens (including phenoxy) is 1. The van der Waals surface area contributed by atoms with Crippen molar-refractivity contribution in [3.8, 4) is 0 Å². The maximum absolute atomic E-state index is 13.3. The van der Waals surface area contributed by atoms with Crippen LogP contribution in [0.1, 0.15) is 53.6 Å². The predicted octanol–water partition coefficient (Wildman–Crippen LogP) is 4.82. The summed E-state index contributed by atoms with van der Waals surface area (Å²) in [5, 5.41) is 5.75. The molecule has 2 N–H and O–H groups in total. The third kappa shape index (κ3) is 5.54. The molecule has 182 valence electrons. The first-order chi connectivity index (χ1) is 16.9. The molecule has 4 rings (SSSR count). The van der Waals surface area contributed by atoms with Gasteiger partial charge in [-0.15, -0.1) is 0 Å². The summed E-state index contributed by atoms with van der Waals surface area (Å²) < 4.78 is 10.8. The molecule has 0 spiro atoms. The molecule has 1 aliphatic heterocycles. The van der Waals surface area contributed by atoms with E-state index in [0.29, 0.717) is 11.3 Å². The van der Waals surface area contributed by atoms with Crippen molar-refractivity contribution in [2.75, 3.05) is 5.32 Å². The van der Waals surface area contributed by atoms with Gasteiger partial charge in [-0.05, 0) is 55.7 Å². The second-order valence-electron chi connectivity index (χ2n) is 8.74. The first kappa shape index (κ1) is 24.1. The number of carbonyl (C=O) groups is 3. The van der Waals surface area contributed by atoms with Gasteiger partial charge in [0.2, 0.25) is 5.91 Å². The minimum absolute atomic E-state index is 0.0427. The van der Waals surface area contributed by atoms with Crippen LogP contribution in [0.25, 0.3) is 0 Å². The van der Waals surface area contributed by atoms with Gasteiger partial charge in [-0.3, -0.25) is 14.5 Å². The smallest absolute Gasteiger partial charge is 0.411 e. The van der Waals surface area contributed by atoms with Crippen molar-refractivity contribution in [1.29, 1.82) is 0 Å². The zero-order valence-electron chi connectivity index (χ0n) is 20.0. The van der Waals surface area contributed by atoms with Gasteiger partial charge in [0, 0.05) is 11.7 Å². The van der Waals surface area contributed by atoms with Crippen LogP contribution in [0.3, 0.4) is 0 Å². The largest absolute Gasteiger partial charge is 0.459 e. The Bertz CT molecular complexity index is 1190. The van der Waals surface area contributed by atoms with Crippen LogP contribution < -0.4 is 10.6 Å². The highest BCUT2D eigenvalue weighted by Crippen LogP contribution is 2.34. The number of anilines is 1. The maximum atomic E-state index is 13.3. The summed E-state index contributed by atoms with van der Waals surface area (Å²) in [4.78, 5) is 39.9. The van der Waals surface area contributed by atoms with Crippen molar-refractivity contribution in [3.05, 3.63) is 89.4 Å². The Morgan fingerprint density at radius 2 is 1.86 bits per heavy atom. The molecule has 1 aromatic heterocycles. The number of nitrogens with one attached hydrogen (secondary N) is 2. The van der Waals surface area contributed by atoms with Gasteiger partial charge in [-0.1, -0.05) is 48.9 Å². The second-order valence-corrected chi connectivity index (χ2v) is 8.74. The van der Waals surface area contributed by atoms with Crippen molar-refractivity contribution >= 4 is 23.6 Å². The number of rotatable bonds is 8. The van der Waals surface area contributed by atoms with Crippen molar-refractivity contribution < 1.29 is 23.5 Å². The summed E-state index contributed by atoms with van der Waals surface area (Å²) in [6, 6.07) is 17.1. The minimum Gasteiger partial charge on any atom is -0.459 e. The molecule has 8 heteroatoms. The van der Waals surface area contributed by atoms with Crippen molar-refractivity contribution in [2.24, 2.45) is 0 Å². The molecule has 1 saturated heterocycles. The average Bonchev–Trinajstić information content (AvgIpc) is 3.48. The molecular weight excluding hydrogens is 446 g/mol. The Kier molecular flexibility index (Phi) is 7.19. The van der Waals surface area contributed by atoms with Crippen LogP contribution in [-0.4, -0.2) is 34.9 Å². The molecular formula is C27H29N3O5. The Morgan fingerprint density at radius 1 is 1.09 bits per heavy atom. The van der Waals surface area contributed by atoms with E-state index in [4.69, 9.17) is 9.15 Å². The standard InChI is InChI=1S/C27H29N3O5/c1-4-18(3)28-26(32)23-24(35-27(33)30(23)16-19-8-5-7-17(2)15-19)20-10-12-21(13-11-20)29-25(31)22-9-6-14-34-22/h5-15,18,23-24H,4,16H2,1-3H3,(H,28,32)(H,29,31). The van der Waals surface area contributed by atoms with Crippen LogP contribution in [0, 0.1) is 6.92 Å². The van der Waals surface area contributed by atoms with Gasteiger partial charge in [0.1, 0.15) is 0 Å². The predicted molar refractivity (Wildman–Crippen MR) is 131 cm³/mol. The Labute approximate surface area is 204 Å². The Morgan fingerprint density at radius 3 is 2.51 bits per heavy atom. The number of furan rings is 1. The van der Waals surface area contributed by atoms with Crippen molar-refractivity contribution in [2.45, 2.75) is 51.9 Å². The number of aryl methyl sites for hydroxylation is 1. The number of amides is 3. The summed E-state index contributed by atoms with van der Waals surface area (Å²) in [6.07, 6.45) is 0.863. The van der Waals surface area contributed by atoms with E-state index in [1.165, 1.54) is 11.2 Å². The maximum Gasteiger partial charge on any atom is 0.411 e. The number of cyclic esters (lactones) is 1. The van der Waals surface area contributed by atoms with Gasteiger partial charge in [0.05, 0.1) is 12.8 Å². The fourth-order valence-electron chi connectivity index (χ4n) is 4.00. The van der Waals surface area contributed by atoms with E-state index in [-0.39, 0.29) is 30.2 Å². The number of benzene rings is 2. The lowest BCUT2D eigenvalue weighted by Gasteiger charge is -2.25. The second kappa shape index (κ2) is 10.5. The van der Waals surface area contributed by atoms with Crippen molar-refractivity contribution in [1.82, 2.24) is 10.2 Å². The molecule has 3 unspecified atom stereocenters. The summed E-state index contributed by atoms with van der Waals surface area (Å²) in [7, 11) is 0.